The number of pyridine rings is 1. The number of nitrogens with one attached hydrogen (secondary N) is 1. The molecular formula is C22H25N3O2. The van der Waals surface area contributed by atoms with Crippen LogP contribution in [-0.4, -0.2) is 22.6 Å². The molecule has 5 heteroatoms. The van der Waals surface area contributed by atoms with Crippen LogP contribution >= 0.6 is 0 Å². The number of rotatable bonds is 6. The van der Waals surface area contributed by atoms with Crippen molar-refractivity contribution >= 4 is 28.4 Å². The Morgan fingerprint density at radius 3 is 2.78 bits per heavy atom. The number of fused-ring (bicyclic) bond motifs is 1. The molecule has 0 unspecified atom stereocenters. The predicted octanol–water partition coefficient (Wildman–Crippen LogP) is 5.03. The second-order valence-corrected chi connectivity index (χ2v) is 7.08. The van der Waals surface area contributed by atoms with Crippen molar-refractivity contribution in [1.82, 2.24) is 9.55 Å². The van der Waals surface area contributed by atoms with Gasteiger partial charge >= 0.3 is 5.97 Å². The molecule has 2 aromatic heterocycles. The molecule has 5 nitrogen and oxygen atoms in total. The summed E-state index contributed by atoms with van der Waals surface area (Å²) in [6.45, 7) is 5.26. The van der Waals surface area contributed by atoms with Crippen LogP contribution in [0.2, 0.25) is 0 Å². The molecule has 140 valence electrons. The fraction of sp³-hybridized carbons (Fsp3) is 0.364. The fourth-order valence-electron chi connectivity index (χ4n) is 3.67. The molecule has 0 atom stereocenters. The summed E-state index contributed by atoms with van der Waals surface area (Å²) in [6, 6.07) is 8.31. The first-order valence-corrected chi connectivity index (χ1v) is 9.61. The van der Waals surface area contributed by atoms with E-state index < -0.39 is 0 Å². The normalized spacial score (nSPS) is 13.7. The van der Waals surface area contributed by atoms with E-state index in [0.717, 1.165) is 24.2 Å². The van der Waals surface area contributed by atoms with Gasteiger partial charge < -0.3 is 14.6 Å². The molecule has 0 amide bonds. The molecule has 0 aliphatic heterocycles. The summed E-state index contributed by atoms with van der Waals surface area (Å²) in [5, 5.41) is 4.54. The van der Waals surface area contributed by atoms with E-state index in [9.17, 15) is 4.79 Å². The second kappa shape index (κ2) is 7.06. The molecule has 3 aromatic rings. The summed E-state index contributed by atoms with van der Waals surface area (Å²) >= 11 is 0. The molecule has 0 saturated heterocycles. The van der Waals surface area contributed by atoms with Gasteiger partial charge in [0.2, 0.25) is 0 Å². The quantitative estimate of drug-likeness (QED) is 0.624. The number of hydrogen-bond acceptors (Lipinski definition) is 4. The van der Waals surface area contributed by atoms with Crippen molar-refractivity contribution in [2.24, 2.45) is 0 Å². The molecule has 27 heavy (non-hydrogen) atoms. The number of carbonyl (C=O) groups excluding carboxylic acids is 1. The highest BCUT2D eigenvalue weighted by molar-refractivity contribution is 5.96. The minimum atomic E-state index is -0.360. The van der Waals surface area contributed by atoms with Crippen LogP contribution in [0.3, 0.4) is 0 Å². The van der Waals surface area contributed by atoms with Crippen LogP contribution in [-0.2, 0) is 17.7 Å². The molecule has 1 saturated carbocycles. The van der Waals surface area contributed by atoms with Crippen molar-refractivity contribution in [3.63, 3.8) is 0 Å². The van der Waals surface area contributed by atoms with Gasteiger partial charge in [0.25, 0.3) is 0 Å². The van der Waals surface area contributed by atoms with E-state index in [4.69, 9.17) is 4.74 Å². The Bertz CT molecular complexity index is 1000. The number of benzene rings is 1. The highest BCUT2D eigenvalue weighted by Crippen LogP contribution is 2.40. The first-order chi connectivity index (χ1) is 13.1. The minimum absolute atomic E-state index is 0.360. The van der Waals surface area contributed by atoms with Crippen LogP contribution in [0.1, 0.15) is 54.1 Å². The van der Waals surface area contributed by atoms with Crippen molar-refractivity contribution in [2.45, 2.75) is 45.6 Å². The average Bonchev–Trinajstić information content (AvgIpc) is 3.46. The van der Waals surface area contributed by atoms with Crippen LogP contribution < -0.4 is 5.32 Å². The van der Waals surface area contributed by atoms with Gasteiger partial charge in [0.05, 0.1) is 12.6 Å². The van der Waals surface area contributed by atoms with Crippen molar-refractivity contribution in [1.29, 1.82) is 0 Å². The number of hydrogen-bond donors (Lipinski definition) is 1. The van der Waals surface area contributed by atoms with Crippen molar-refractivity contribution in [3.8, 4) is 0 Å². The molecule has 1 aliphatic rings. The van der Waals surface area contributed by atoms with E-state index in [1.807, 2.05) is 12.3 Å². The minimum Gasteiger partial charge on any atom is -0.465 e. The monoisotopic (exact) mass is 363 g/mol. The molecule has 1 aromatic carbocycles. The van der Waals surface area contributed by atoms with Gasteiger partial charge in [-0.05, 0) is 67.5 Å². The zero-order valence-electron chi connectivity index (χ0n) is 16.1. The summed E-state index contributed by atoms with van der Waals surface area (Å²) in [5.74, 6) is 0.718. The first kappa shape index (κ1) is 17.6. The number of ether oxygens (including phenoxy) is 1. The van der Waals surface area contributed by atoms with Gasteiger partial charge in [-0.3, -0.25) is 0 Å². The molecule has 0 bridgehead atoms. The zero-order chi connectivity index (χ0) is 19.0. The largest absolute Gasteiger partial charge is 0.465 e. The average molecular weight is 363 g/mol. The number of nitrogens with zero attached hydrogens (tertiary/aromatic N) is 2. The van der Waals surface area contributed by atoms with Crippen LogP contribution in [0.5, 0.6) is 0 Å². The Labute approximate surface area is 159 Å². The van der Waals surface area contributed by atoms with Crippen molar-refractivity contribution < 1.29 is 9.53 Å². The first-order valence-electron chi connectivity index (χ1n) is 9.61. The molecule has 2 heterocycles. The van der Waals surface area contributed by atoms with Gasteiger partial charge in [-0.15, -0.1) is 0 Å². The Kier molecular flexibility index (Phi) is 4.60. The van der Waals surface area contributed by atoms with Crippen LogP contribution in [0.4, 0.5) is 11.5 Å². The van der Waals surface area contributed by atoms with Gasteiger partial charge in [-0.1, -0.05) is 6.92 Å². The lowest BCUT2D eigenvalue weighted by Crippen LogP contribution is -2.08. The van der Waals surface area contributed by atoms with Crippen LogP contribution in [0.15, 0.2) is 36.7 Å². The Morgan fingerprint density at radius 1 is 1.30 bits per heavy atom. The van der Waals surface area contributed by atoms with Gasteiger partial charge in [0.15, 0.2) is 0 Å². The van der Waals surface area contributed by atoms with E-state index >= 15 is 0 Å². The zero-order valence-corrected chi connectivity index (χ0v) is 16.1. The lowest BCUT2D eigenvalue weighted by molar-refractivity contribution is 0.0601. The fourth-order valence-corrected chi connectivity index (χ4v) is 3.67. The molecule has 4 rings (SSSR count). The maximum Gasteiger partial charge on any atom is 0.341 e. The maximum atomic E-state index is 12.3. The van der Waals surface area contributed by atoms with Gasteiger partial charge in [-0.25, -0.2) is 9.78 Å². The van der Waals surface area contributed by atoms with Crippen molar-refractivity contribution in [2.75, 3.05) is 12.4 Å². The molecule has 1 fully saturated rings. The highest BCUT2D eigenvalue weighted by Gasteiger charge is 2.26. The van der Waals surface area contributed by atoms with Crippen LogP contribution in [0.25, 0.3) is 10.9 Å². The number of aromatic nitrogens is 2. The summed E-state index contributed by atoms with van der Waals surface area (Å²) in [5.41, 5.74) is 5.09. The van der Waals surface area contributed by atoms with Gasteiger partial charge in [-0.2, -0.15) is 0 Å². The SMILES string of the molecule is CCc1cc(Nc2ncc(C3CC3)cc2C(=O)OC)cc2ccn(CC)c12. The summed E-state index contributed by atoms with van der Waals surface area (Å²) in [6.07, 6.45) is 7.27. The van der Waals surface area contributed by atoms with Crippen molar-refractivity contribution in [3.05, 3.63) is 53.3 Å². The Hall–Kier alpha value is -2.82. The standard InChI is InChI=1S/C22H25N3O2/c1-4-14-10-18(11-16-8-9-25(5-2)20(14)16)24-21-19(22(26)27-3)12-17(13-23-21)15-6-7-15/h8-13,15H,4-7H2,1-3H3,(H,23,24). The van der Waals surface area contributed by atoms with Gasteiger partial charge in [0.1, 0.15) is 11.4 Å². The third-order valence-electron chi connectivity index (χ3n) is 5.29. The summed E-state index contributed by atoms with van der Waals surface area (Å²) < 4.78 is 7.24. The molecular weight excluding hydrogens is 338 g/mol. The van der Waals surface area contributed by atoms with E-state index in [2.05, 4.69) is 53.1 Å². The van der Waals surface area contributed by atoms with E-state index in [-0.39, 0.29) is 5.97 Å². The number of aryl methyl sites for hydroxylation is 2. The smallest absolute Gasteiger partial charge is 0.341 e. The highest BCUT2D eigenvalue weighted by atomic mass is 16.5. The Morgan fingerprint density at radius 2 is 2.11 bits per heavy atom. The second-order valence-electron chi connectivity index (χ2n) is 7.08. The summed E-state index contributed by atoms with van der Waals surface area (Å²) in [4.78, 5) is 16.8. The lowest BCUT2D eigenvalue weighted by Gasteiger charge is -2.14. The van der Waals surface area contributed by atoms with E-state index in [1.54, 1.807) is 0 Å². The molecule has 1 aliphatic carbocycles. The van der Waals surface area contributed by atoms with E-state index in [1.165, 1.54) is 36.4 Å². The number of anilines is 2. The Balaban J connectivity index is 1.74. The van der Waals surface area contributed by atoms with Gasteiger partial charge in [0, 0.05) is 30.0 Å². The van der Waals surface area contributed by atoms with E-state index in [0.29, 0.717) is 17.3 Å². The molecule has 1 N–H and O–H groups in total. The maximum absolute atomic E-state index is 12.3. The molecule has 0 radical (unpaired) electrons. The third-order valence-corrected chi connectivity index (χ3v) is 5.29. The number of carbonyl (C=O) groups is 1. The summed E-state index contributed by atoms with van der Waals surface area (Å²) in [7, 11) is 1.41. The number of esters is 1. The molecule has 0 spiro atoms. The lowest BCUT2D eigenvalue weighted by atomic mass is 10.1. The van der Waals surface area contributed by atoms with Crippen LogP contribution in [0, 0.1) is 0 Å². The third kappa shape index (κ3) is 3.29. The number of methoxy groups -OCH3 is 1. The predicted molar refractivity (Wildman–Crippen MR) is 108 cm³/mol. The topological polar surface area (TPSA) is 56.1 Å².